The minimum atomic E-state index is 0. The van der Waals surface area contributed by atoms with Crippen molar-refractivity contribution in [2.75, 3.05) is 6.61 Å². The first-order valence-corrected chi connectivity index (χ1v) is 2.06. The second-order valence-electron chi connectivity index (χ2n) is 0.800. The molecule has 0 aromatic rings. The van der Waals surface area contributed by atoms with Gasteiger partial charge in [0.25, 0.3) is 0 Å². The van der Waals surface area contributed by atoms with Crippen molar-refractivity contribution in [3.8, 4) is 0 Å². The van der Waals surface area contributed by atoms with Crippen molar-refractivity contribution in [1.82, 2.24) is 0 Å². The van der Waals surface area contributed by atoms with Gasteiger partial charge in [0, 0.05) is 0 Å². The van der Waals surface area contributed by atoms with Gasteiger partial charge in [-0.15, -0.1) is 12.4 Å². The molecule has 0 saturated heterocycles. The molecule has 0 unspecified atom stereocenters. The molecule has 0 amide bonds. The van der Waals surface area contributed by atoms with Gasteiger partial charge in [-0.25, -0.2) is 0 Å². The van der Waals surface area contributed by atoms with Crippen LogP contribution < -0.4 is 0 Å². The van der Waals surface area contributed by atoms with E-state index >= 15 is 0 Å². The Morgan fingerprint density at radius 1 is 1.67 bits per heavy atom. The van der Waals surface area contributed by atoms with Gasteiger partial charge >= 0.3 is 39.9 Å². The van der Waals surface area contributed by atoms with Crippen LogP contribution in [0.2, 0.25) is 0 Å². The van der Waals surface area contributed by atoms with Gasteiger partial charge in [-0.05, 0) is 0 Å². The van der Waals surface area contributed by atoms with Crippen molar-refractivity contribution in [3.05, 3.63) is 0 Å². The van der Waals surface area contributed by atoms with E-state index < -0.39 is 0 Å². The minimum Gasteiger partial charge on any atom is -0.147 e. The fourth-order valence-corrected chi connectivity index (χ4v) is 0.281. The number of hydrogen-bond donors (Lipinski definition) is 0. The topological polar surface area (TPSA) is 9.23 Å². The summed E-state index contributed by atoms with van der Waals surface area (Å²) in [5, 5.41) is 0. The second kappa shape index (κ2) is 9.23. The summed E-state index contributed by atoms with van der Waals surface area (Å²) in [7, 11) is 0. The molecule has 6 heavy (non-hydrogen) atoms. The fourth-order valence-electron chi connectivity index (χ4n) is 0.0680. The van der Waals surface area contributed by atoms with Crippen molar-refractivity contribution in [2.24, 2.45) is 0 Å². The predicted molar refractivity (Wildman–Crippen MR) is 23.5 cm³/mol. The molecular weight excluding hydrogens is 146 g/mol. The Morgan fingerprint density at radius 2 is 2.17 bits per heavy atom. The molecule has 1 nitrogen and oxygen atoms in total. The van der Waals surface area contributed by atoms with Crippen LogP contribution in [0.1, 0.15) is 13.3 Å². The summed E-state index contributed by atoms with van der Waals surface area (Å²) in [6, 6.07) is 0. The zero-order valence-electron chi connectivity index (χ0n) is 3.56. The van der Waals surface area contributed by atoms with Gasteiger partial charge in [-0.3, -0.25) is 0 Å². The summed E-state index contributed by atoms with van der Waals surface area (Å²) in [6.07, 6.45) is 1.04. The molecule has 0 radical (unpaired) electrons. The Hall–Kier alpha value is 0.756. The molecule has 0 heterocycles. The smallest absolute Gasteiger partial charge is 0.147 e. The molecule has 0 aliphatic carbocycles. The van der Waals surface area contributed by atoms with Crippen LogP contribution in [0.3, 0.4) is 0 Å². The monoisotopic (exact) mass is 154 g/mol. The average molecular weight is 154 g/mol. The fraction of sp³-hybridized carbons (Fsp3) is 1.00. The first kappa shape index (κ1) is 9.90. The maximum absolute atomic E-state index is 4.38. The molecule has 0 atom stereocenters. The Morgan fingerprint density at radius 3 is 2.17 bits per heavy atom. The van der Waals surface area contributed by atoms with Gasteiger partial charge in [0.15, 0.2) is 0 Å². The molecule has 0 rings (SSSR count). The SMILES string of the molecule is CCC[O][Co].Cl. The van der Waals surface area contributed by atoms with Gasteiger partial charge in [0.2, 0.25) is 0 Å². The maximum Gasteiger partial charge on any atom is -0.147 e. The van der Waals surface area contributed by atoms with Crippen molar-refractivity contribution in [1.29, 1.82) is 0 Å². The maximum atomic E-state index is 4.38. The van der Waals surface area contributed by atoms with Crippen LogP contribution in [-0.2, 0) is 19.9 Å². The summed E-state index contributed by atoms with van der Waals surface area (Å²) < 4.78 is 4.38. The third-order valence-corrected chi connectivity index (χ3v) is 0.485. The minimum absolute atomic E-state index is 0. The summed E-state index contributed by atoms with van der Waals surface area (Å²) in [5.74, 6) is 0. The Labute approximate surface area is 52.8 Å². The molecule has 0 aromatic carbocycles. The molecule has 42 valence electrons. The van der Waals surface area contributed by atoms with Gasteiger partial charge in [0.05, 0.1) is 0 Å². The zero-order chi connectivity index (χ0) is 4.12. The van der Waals surface area contributed by atoms with Crippen LogP contribution >= 0.6 is 12.4 Å². The quantitative estimate of drug-likeness (QED) is 0.583. The van der Waals surface area contributed by atoms with E-state index in [0.29, 0.717) is 0 Å². The van der Waals surface area contributed by atoms with Gasteiger partial charge in [0.1, 0.15) is 0 Å². The van der Waals surface area contributed by atoms with Crippen LogP contribution in [0.25, 0.3) is 0 Å². The van der Waals surface area contributed by atoms with Gasteiger partial charge < -0.3 is 0 Å². The second-order valence-corrected chi connectivity index (χ2v) is 1.10. The van der Waals surface area contributed by atoms with E-state index in [-0.39, 0.29) is 12.4 Å². The Bertz CT molecular complexity index is 18.3. The van der Waals surface area contributed by atoms with Crippen LogP contribution in [0.15, 0.2) is 0 Å². The van der Waals surface area contributed by atoms with Crippen LogP contribution in [0.4, 0.5) is 0 Å². The van der Waals surface area contributed by atoms with E-state index in [4.69, 9.17) is 0 Å². The average Bonchev–Trinajstić information content (AvgIpc) is 1.41. The van der Waals surface area contributed by atoms with E-state index in [1.54, 1.807) is 0 Å². The third kappa shape index (κ3) is 8.83. The van der Waals surface area contributed by atoms with E-state index in [0.717, 1.165) is 13.0 Å². The van der Waals surface area contributed by atoms with Crippen LogP contribution in [0, 0.1) is 0 Å². The van der Waals surface area contributed by atoms with Crippen LogP contribution in [0.5, 0.6) is 0 Å². The number of halogens is 1. The van der Waals surface area contributed by atoms with Crippen molar-refractivity contribution < 1.29 is 19.9 Å². The standard InChI is InChI=1S/C3H7O.ClH.Co/c1-2-3-4;;/h2-3H2,1H3;1H;/q-1;;+1. The van der Waals surface area contributed by atoms with E-state index in [1.807, 2.05) is 6.92 Å². The molecule has 0 N–H and O–H groups in total. The van der Waals surface area contributed by atoms with Gasteiger partial charge in [-0.1, -0.05) is 0 Å². The molecule has 0 bridgehead atoms. The summed E-state index contributed by atoms with van der Waals surface area (Å²) in [6.45, 7) is 2.79. The van der Waals surface area contributed by atoms with E-state index in [9.17, 15) is 0 Å². The molecule has 0 saturated carbocycles. The van der Waals surface area contributed by atoms with Crippen molar-refractivity contribution in [2.45, 2.75) is 13.3 Å². The molecule has 3 heteroatoms. The summed E-state index contributed by atoms with van der Waals surface area (Å²) >= 11 is 3.54. The molecule has 0 fully saturated rings. The first-order chi connectivity index (χ1) is 2.41. The third-order valence-electron chi connectivity index (χ3n) is 0.272. The van der Waals surface area contributed by atoms with E-state index in [2.05, 4.69) is 19.9 Å². The predicted octanol–water partition coefficient (Wildman–Crippen LogP) is 1.30. The molecule has 0 aromatic heterocycles. The molecule has 0 aliphatic heterocycles. The number of hydrogen-bond acceptors (Lipinski definition) is 1. The molecule has 0 aliphatic rings. The normalized spacial score (nSPS) is 7.17. The summed E-state index contributed by atoms with van der Waals surface area (Å²) in [4.78, 5) is 0. The molecular formula is C3H8ClCoO. The Balaban J connectivity index is 0. The largest absolute Gasteiger partial charge is 0.147 e. The Kier molecular flexibility index (Phi) is 15.2. The first-order valence-electron chi connectivity index (χ1n) is 1.63. The van der Waals surface area contributed by atoms with E-state index in [1.165, 1.54) is 0 Å². The summed E-state index contributed by atoms with van der Waals surface area (Å²) in [5.41, 5.74) is 0. The van der Waals surface area contributed by atoms with Crippen molar-refractivity contribution in [3.63, 3.8) is 0 Å². The van der Waals surface area contributed by atoms with Crippen molar-refractivity contribution >= 4 is 12.4 Å². The number of rotatable bonds is 2. The molecule has 0 spiro atoms. The van der Waals surface area contributed by atoms with Gasteiger partial charge in [-0.2, -0.15) is 0 Å². The zero-order valence-corrected chi connectivity index (χ0v) is 5.42. The van der Waals surface area contributed by atoms with Crippen LogP contribution in [-0.4, -0.2) is 6.61 Å².